The van der Waals surface area contributed by atoms with Gasteiger partial charge in [0, 0.05) is 17.7 Å². The first kappa shape index (κ1) is 9.71. The molecular formula is C11H19N3. The summed E-state index contributed by atoms with van der Waals surface area (Å²) in [5.41, 5.74) is 2.84. The molecule has 1 fully saturated rings. The van der Waals surface area contributed by atoms with Gasteiger partial charge in [0.15, 0.2) is 0 Å². The molecule has 0 saturated heterocycles. The van der Waals surface area contributed by atoms with Crippen molar-refractivity contribution in [2.75, 3.05) is 6.54 Å². The Labute approximate surface area is 85.3 Å². The monoisotopic (exact) mass is 193 g/mol. The highest BCUT2D eigenvalue weighted by Crippen LogP contribution is 2.46. The number of hydrogen-bond acceptors (Lipinski definition) is 2. The van der Waals surface area contributed by atoms with E-state index in [-0.39, 0.29) is 0 Å². The molecule has 1 aliphatic carbocycles. The number of H-pyrrole nitrogens is 1. The molecule has 0 spiro atoms. The Kier molecular flexibility index (Phi) is 2.59. The Bertz CT molecular complexity index is 299. The summed E-state index contributed by atoms with van der Waals surface area (Å²) in [6.45, 7) is 6.45. The van der Waals surface area contributed by atoms with Crippen LogP contribution in [0.3, 0.4) is 0 Å². The van der Waals surface area contributed by atoms with Gasteiger partial charge in [-0.25, -0.2) is 0 Å². The summed E-state index contributed by atoms with van der Waals surface area (Å²) in [7, 11) is 0. The fraction of sp³-hybridized carbons (Fsp3) is 0.727. The third kappa shape index (κ3) is 1.98. The van der Waals surface area contributed by atoms with Gasteiger partial charge in [-0.15, -0.1) is 0 Å². The summed E-state index contributed by atoms with van der Waals surface area (Å²) >= 11 is 0. The maximum atomic E-state index is 4.36. The summed E-state index contributed by atoms with van der Waals surface area (Å²) in [5.74, 6) is 0. The summed E-state index contributed by atoms with van der Waals surface area (Å²) < 4.78 is 0. The van der Waals surface area contributed by atoms with Gasteiger partial charge in [0.25, 0.3) is 0 Å². The van der Waals surface area contributed by atoms with Crippen molar-refractivity contribution in [3.63, 3.8) is 0 Å². The van der Waals surface area contributed by atoms with Gasteiger partial charge >= 0.3 is 0 Å². The van der Waals surface area contributed by atoms with Gasteiger partial charge in [0.1, 0.15) is 0 Å². The summed E-state index contributed by atoms with van der Waals surface area (Å²) in [4.78, 5) is 0. The van der Waals surface area contributed by atoms with Gasteiger partial charge in [-0.1, -0.05) is 13.8 Å². The fourth-order valence-corrected chi connectivity index (χ4v) is 1.60. The Morgan fingerprint density at radius 2 is 2.36 bits per heavy atom. The number of nitrogens with one attached hydrogen (secondary N) is 2. The standard InChI is InChI=1S/C11H19N3/c1-3-6-12-8-9-7-10(14-13-9)11(2)4-5-11/h7,12H,3-6,8H2,1-2H3,(H,13,14). The number of nitrogens with zero attached hydrogens (tertiary/aromatic N) is 1. The Morgan fingerprint density at radius 3 is 3.00 bits per heavy atom. The summed E-state index contributed by atoms with van der Waals surface area (Å²) in [5, 5.41) is 10.8. The van der Waals surface area contributed by atoms with Crippen LogP contribution < -0.4 is 5.32 Å². The highest BCUT2D eigenvalue weighted by atomic mass is 15.1. The molecule has 14 heavy (non-hydrogen) atoms. The lowest BCUT2D eigenvalue weighted by Gasteiger charge is -2.00. The molecule has 0 atom stereocenters. The maximum Gasteiger partial charge on any atom is 0.0684 e. The highest BCUT2D eigenvalue weighted by molar-refractivity contribution is 5.24. The molecule has 0 amide bonds. The molecule has 1 heterocycles. The van der Waals surface area contributed by atoms with Crippen LogP contribution in [0.4, 0.5) is 0 Å². The van der Waals surface area contributed by atoms with Crippen LogP contribution in [0.5, 0.6) is 0 Å². The van der Waals surface area contributed by atoms with E-state index in [9.17, 15) is 0 Å². The zero-order chi connectivity index (χ0) is 10.0. The normalized spacial score (nSPS) is 18.4. The van der Waals surface area contributed by atoms with Gasteiger partial charge in [0.05, 0.1) is 5.69 Å². The second-order valence-electron chi connectivity index (χ2n) is 4.52. The largest absolute Gasteiger partial charge is 0.311 e. The number of rotatable bonds is 5. The molecule has 0 aromatic carbocycles. The molecule has 3 nitrogen and oxygen atoms in total. The van der Waals surface area contributed by atoms with Crippen LogP contribution in [0, 0.1) is 0 Å². The Hall–Kier alpha value is -0.830. The first-order valence-electron chi connectivity index (χ1n) is 5.50. The van der Waals surface area contributed by atoms with Crippen molar-refractivity contribution in [2.24, 2.45) is 0 Å². The molecule has 0 bridgehead atoms. The van der Waals surface area contributed by atoms with Crippen molar-refractivity contribution in [3.05, 3.63) is 17.5 Å². The van der Waals surface area contributed by atoms with Gasteiger partial charge in [-0.2, -0.15) is 5.10 Å². The van der Waals surface area contributed by atoms with Gasteiger partial charge in [0.2, 0.25) is 0 Å². The van der Waals surface area contributed by atoms with Gasteiger partial charge < -0.3 is 5.32 Å². The van der Waals surface area contributed by atoms with Crippen molar-refractivity contribution < 1.29 is 0 Å². The van der Waals surface area contributed by atoms with Crippen LogP contribution in [0.25, 0.3) is 0 Å². The van der Waals surface area contributed by atoms with E-state index in [1.807, 2.05) is 0 Å². The van der Waals surface area contributed by atoms with E-state index in [1.165, 1.54) is 30.7 Å². The van der Waals surface area contributed by atoms with Crippen molar-refractivity contribution in [3.8, 4) is 0 Å². The predicted molar refractivity (Wildman–Crippen MR) is 57.2 cm³/mol. The van der Waals surface area contributed by atoms with Crippen molar-refractivity contribution in [1.29, 1.82) is 0 Å². The first-order valence-corrected chi connectivity index (χ1v) is 5.50. The topological polar surface area (TPSA) is 40.7 Å². The molecule has 3 heteroatoms. The number of aromatic amines is 1. The molecule has 0 radical (unpaired) electrons. The lowest BCUT2D eigenvalue weighted by Crippen LogP contribution is -2.13. The Morgan fingerprint density at radius 1 is 1.57 bits per heavy atom. The average molecular weight is 193 g/mol. The van der Waals surface area contributed by atoms with E-state index in [0.717, 1.165) is 13.1 Å². The smallest absolute Gasteiger partial charge is 0.0684 e. The summed E-state index contributed by atoms with van der Waals surface area (Å²) in [6.07, 6.45) is 3.76. The predicted octanol–water partition coefficient (Wildman–Crippen LogP) is 1.96. The van der Waals surface area contributed by atoms with Gasteiger partial charge in [-0.05, 0) is 31.9 Å². The number of hydrogen-bond donors (Lipinski definition) is 2. The molecule has 1 aliphatic rings. The molecule has 2 rings (SSSR count). The van der Waals surface area contributed by atoms with Gasteiger partial charge in [-0.3, -0.25) is 5.10 Å². The quantitative estimate of drug-likeness (QED) is 0.702. The maximum absolute atomic E-state index is 4.36. The van der Waals surface area contributed by atoms with E-state index in [1.54, 1.807) is 0 Å². The van der Waals surface area contributed by atoms with Crippen LogP contribution in [-0.2, 0) is 12.0 Å². The van der Waals surface area contributed by atoms with E-state index >= 15 is 0 Å². The van der Waals surface area contributed by atoms with Crippen molar-refractivity contribution in [2.45, 2.75) is 45.1 Å². The molecule has 0 aliphatic heterocycles. The minimum atomic E-state index is 0.388. The van der Waals surface area contributed by atoms with Crippen LogP contribution in [-0.4, -0.2) is 16.7 Å². The third-order valence-electron chi connectivity index (χ3n) is 2.99. The molecule has 78 valence electrons. The lowest BCUT2D eigenvalue weighted by atomic mass is 10.1. The second kappa shape index (κ2) is 3.73. The van der Waals surface area contributed by atoms with Crippen LogP contribution in [0.15, 0.2) is 6.07 Å². The fourth-order valence-electron chi connectivity index (χ4n) is 1.60. The van der Waals surface area contributed by atoms with E-state index < -0.39 is 0 Å². The third-order valence-corrected chi connectivity index (χ3v) is 2.99. The molecular weight excluding hydrogens is 174 g/mol. The summed E-state index contributed by atoms with van der Waals surface area (Å²) in [6, 6.07) is 2.20. The molecule has 0 unspecified atom stereocenters. The van der Waals surface area contributed by atoms with Crippen molar-refractivity contribution in [1.82, 2.24) is 15.5 Å². The molecule has 1 aromatic rings. The minimum absolute atomic E-state index is 0.388. The van der Waals surface area contributed by atoms with E-state index in [2.05, 4.69) is 35.4 Å². The van der Waals surface area contributed by atoms with Crippen molar-refractivity contribution >= 4 is 0 Å². The molecule has 2 N–H and O–H groups in total. The lowest BCUT2D eigenvalue weighted by molar-refractivity contribution is 0.662. The molecule has 1 saturated carbocycles. The van der Waals surface area contributed by atoms with E-state index in [4.69, 9.17) is 0 Å². The zero-order valence-electron chi connectivity index (χ0n) is 9.06. The van der Waals surface area contributed by atoms with Crippen LogP contribution in [0.1, 0.15) is 44.5 Å². The minimum Gasteiger partial charge on any atom is -0.311 e. The second-order valence-corrected chi connectivity index (χ2v) is 4.52. The molecule has 1 aromatic heterocycles. The van der Waals surface area contributed by atoms with Crippen LogP contribution >= 0.6 is 0 Å². The number of aromatic nitrogens is 2. The van der Waals surface area contributed by atoms with E-state index in [0.29, 0.717) is 5.41 Å². The SMILES string of the molecule is CCCNCc1cc(C2(C)CC2)n[nH]1. The zero-order valence-corrected chi connectivity index (χ0v) is 9.06. The Balaban J connectivity index is 1.90. The highest BCUT2D eigenvalue weighted by Gasteiger charge is 2.41. The first-order chi connectivity index (χ1) is 6.74. The van der Waals surface area contributed by atoms with Crippen LogP contribution in [0.2, 0.25) is 0 Å². The average Bonchev–Trinajstić information content (AvgIpc) is 2.76.